The van der Waals surface area contributed by atoms with Gasteiger partial charge in [0.15, 0.2) is 11.8 Å². The molecule has 1 aromatic heterocycles. The van der Waals surface area contributed by atoms with Crippen LogP contribution >= 0.6 is 11.3 Å². The first-order chi connectivity index (χ1) is 11.5. The molecule has 7 heteroatoms. The van der Waals surface area contributed by atoms with Gasteiger partial charge < -0.3 is 15.2 Å². The monoisotopic (exact) mass is 348 g/mol. The molecule has 2 N–H and O–H groups in total. The first-order valence-corrected chi connectivity index (χ1v) is 8.57. The molecule has 0 saturated heterocycles. The molecule has 2 rings (SSSR count). The minimum absolute atomic E-state index is 0.0376. The lowest BCUT2D eigenvalue weighted by Crippen LogP contribution is -2.39. The average Bonchev–Trinajstić information content (AvgIpc) is 3.03. The minimum Gasteiger partial charge on any atom is -0.480 e. The molecule has 0 fully saturated rings. The van der Waals surface area contributed by atoms with E-state index < -0.39 is 12.1 Å². The highest BCUT2D eigenvalue weighted by molar-refractivity contribution is 7.09. The van der Waals surface area contributed by atoms with Crippen LogP contribution in [-0.4, -0.2) is 34.6 Å². The molecule has 1 unspecified atom stereocenters. The Hall–Kier alpha value is -2.41. The summed E-state index contributed by atoms with van der Waals surface area (Å²) in [5.74, 6) is -0.527. The quantitative estimate of drug-likeness (QED) is 0.766. The molecule has 128 valence electrons. The molecule has 0 radical (unpaired) electrons. The van der Waals surface area contributed by atoms with E-state index >= 15 is 0 Å². The predicted molar refractivity (Wildman–Crippen MR) is 91.7 cm³/mol. The van der Waals surface area contributed by atoms with Crippen LogP contribution in [0.25, 0.3) is 0 Å². The predicted octanol–water partition coefficient (Wildman–Crippen LogP) is 2.67. The number of hydrogen-bond donors (Lipinski definition) is 2. The molecule has 1 aromatic carbocycles. The number of ether oxygens (including phenoxy) is 1. The number of nitrogens with one attached hydrogen (secondary N) is 1. The Morgan fingerprint density at radius 3 is 2.75 bits per heavy atom. The van der Waals surface area contributed by atoms with Crippen molar-refractivity contribution in [3.8, 4) is 5.75 Å². The number of aromatic carboxylic acids is 1. The number of carboxylic acid groups (broad SMARTS) is 1. The van der Waals surface area contributed by atoms with Crippen molar-refractivity contribution in [3.05, 3.63) is 45.9 Å². The van der Waals surface area contributed by atoms with Crippen LogP contribution in [0.1, 0.15) is 34.4 Å². The lowest BCUT2D eigenvalue weighted by molar-refractivity contribution is -0.128. The van der Waals surface area contributed by atoms with E-state index in [0.29, 0.717) is 30.1 Å². The average molecular weight is 348 g/mol. The van der Waals surface area contributed by atoms with Crippen LogP contribution in [-0.2, 0) is 11.2 Å². The third kappa shape index (κ3) is 4.79. The van der Waals surface area contributed by atoms with Gasteiger partial charge in [-0.15, -0.1) is 11.3 Å². The molecule has 0 bridgehead atoms. The van der Waals surface area contributed by atoms with Crippen molar-refractivity contribution in [2.75, 3.05) is 6.54 Å². The number of carboxylic acids is 1. The van der Waals surface area contributed by atoms with Crippen LogP contribution < -0.4 is 10.1 Å². The Morgan fingerprint density at radius 2 is 2.12 bits per heavy atom. The fraction of sp³-hybridized carbons (Fsp3) is 0.353. The molecule has 1 atom stereocenters. The van der Waals surface area contributed by atoms with Crippen LogP contribution in [0.2, 0.25) is 0 Å². The highest BCUT2D eigenvalue weighted by atomic mass is 32.1. The molecule has 0 aliphatic heterocycles. The van der Waals surface area contributed by atoms with E-state index in [0.717, 1.165) is 5.56 Å². The second kappa shape index (κ2) is 8.44. The molecule has 1 heterocycles. The Labute approximate surface area is 144 Å². The van der Waals surface area contributed by atoms with Gasteiger partial charge in [-0.25, -0.2) is 9.78 Å². The second-order valence-electron chi connectivity index (χ2n) is 5.25. The number of hydrogen-bond acceptors (Lipinski definition) is 5. The second-order valence-corrected chi connectivity index (χ2v) is 6.20. The van der Waals surface area contributed by atoms with Crippen molar-refractivity contribution in [2.45, 2.75) is 32.8 Å². The Balaban J connectivity index is 1.85. The lowest BCUT2D eigenvalue weighted by atomic mass is 10.2. The van der Waals surface area contributed by atoms with Gasteiger partial charge in [-0.05, 0) is 25.0 Å². The first-order valence-electron chi connectivity index (χ1n) is 7.69. The van der Waals surface area contributed by atoms with Crippen molar-refractivity contribution >= 4 is 23.2 Å². The number of amides is 1. The molecule has 0 aliphatic rings. The minimum atomic E-state index is -1.04. The van der Waals surface area contributed by atoms with Gasteiger partial charge >= 0.3 is 5.97 Å². The Bertz CT molecular complexity index is 714. The van der Waals surface area contributed by atoms with Crippen LogP contribution in [0.4, 0.5) is 0 Å². The summed E-state index contributed by atoms with van der Waals surface area (Å²) in [6, 6.07) is 7.56. The maximum absolute atomic E-state index is 12.2. The summed E-state index contributed by atoms with van der Waals surface area (Å²) < 4.78 is 5.79. The smallest absolute Gasteiger partial charge is 0.355 e. The van der Waals surface area contributed by atoms with Crippen molar-refractivity contribution in [1.82, 2.24) is 10.3 Å². The molecule has 2 aromatic rings. The summed E-state index contributed by atoms with van der Waals surface area (Å²) in [4.78, 5) is 27.0. The van der Waals surface area contributed by atoms with Gasteiger partial charge in [0, 0.05) is 18.3 Å². The molecule has 0 spiro atoms. The summed E-state index contributed by atoms with van der Waals surface area (Å²) >= 11 is 1.27. The molecule has 0 saturated carbocycles. The number of aryl methyl sites for hydroxylation is 1. The van der Waals surface area contributed by atoms with E-state index in [1.54, 1.807) is 0 Å². The van der Waals surface area contributed by atoms with Crippen LogP contribution in [0, 0.1) is 6.92 Å². The summed E-state index contributed by atoms with van der Waals surface area (Å²) in [7, 11) is 0. The first kappa shape index (κ1) is 17.9. The molecule has 0 aliphatic carbocycles. The summed E-state index contributed by atoms with van der Waals surface area (Å²) in [6.45, 7) is 4.21. The van der Waals surface area contributed by atoms with E-state index in [2.05, 4.69) is 10.3 Å². The van der Waals surface area contributed by atoms with Gasteiger partial charge in [-0.2, -0.15) is 0 Å². The maximum atomic E-state index is 12.2. The van der Waals surface area contributed by atoms with E-state index in [-0.39, 0.29) is 11.6 Å². The van der Waals surface area contributed by atoms with Crippen molar-refractivity contribution in [3.63, 3.8) is 0 Å². The zero-order chi connectivity index (χ0) is 17.5. The van der Waals surface area contributed by atoms with Gasteiger partial charge in [0.2, 0.25) is 0 Å². The topological polar surface area (TPSA) is 88.5 Å². The zero-order valence-corrected chi connectivity index (χ0v) is 14.4. The highest BCUT2D eigenvalue weighted by Crippen LogP contribution is 2.18. The third-order valence-electron chi connectivity index (χ3n) is 3.44. The van der Waals surface area contributed by atoms with Gasteiger partial charge in [0.1, 0.15) is 5.75 Å². The molecule has 6 nitrogen and oxygen atoms in total. The fourth-order valence-electron chi connectivity index (χ4n) is 2.09. The van der Waals surface area contributed by atoms with Crippen molar-refractivity contribution in [2.24, 2.45) is 0 Å². The van der Waals surface area contributed by atoms with Gasteiger partial charge in [0.05, 0.1) is 5.01 Å². The number of benzene rings is 1. The molecular formula is C17H20N2O4S. The maximum Gasteiger partial charge on any atom is 0.355 e. The number of carbonyl (C=O) groups excluding carboxylic acids is 1. The zero-order valence-electron chi connectivity index (χ0n) is 13.6. The third-order valence-corrected chi connectivity index (χ3v) is 4.34. The number of thiazole rings is 1. The van der Waals surface area contributed by atoms with Crippen LogP contribution in [0.3, 0.4) is 0 Å². The highest BCUT2D eigenvalue weighted by Gasteiger charge is 2.19. The van der Waals surface area contributed by atoms with E-state index in [4.69, 9.17) is 9.84 Å². The van der Waals surface area contributed by atoms with Crippen molar-refractivity contribution < 1.29 is 19.4 Å². The Morgan fingerprint density at radius 1 is 1.38 bits per heavy atom. The summed E-state index contributed by atoms with van der Waals surface area (Å²) in [6.07, 6.45) is 0.488. The number of para-hydroxylation sites is 1. The van der Waals surface area contributed by atoms with E-state index in [1.807, 2.05) is 38.1 Å². The molecule has 24 heavy (non-hydrogen) atoms. The number of carbonyl (C=O) groups is 2. The summed E-state index contributed by atoms with van der Waals surface area (Å²) in [5.41, 5.74) is 1.02. The van der Waals surface area contributed by atoms with Crippen LogP contribution in [0.15, 0.2) is 29.6 Å². The van der Waals surface area contributed by atoms with Gasteiger partial charge in [-0.1, -0.05) is 25.1 Å². The number of rotatable bonds is 8. The SMILES string of the molecule is CCC(Oc1ccccc1C)C(=O)NCCc1nc(C(=O)O)cs1. The standard InChI is InChI=1S/C17H20N2O4S/c1-3-13(23-14-7-5-4-6-11(14)2)16(20)18-9-8-15-19-12(10-24-15)17(21)22/h4-7,10,13H,3,8-9H2,1-2H3,(H,18,20)(H,21,22). The number of nitrogens with zero attached hydrogens (tertiary/aromatic N) is 1. The van der Waals surface area contributed by atoms with E-state index in [9.17, 15) is 9.59 Å². The van der Waals surface area contributed by atoms with E-state index in [1.165, 1.54) is 16.7 Å². The largest absolute Gasteiger partial charge is 0.480 e. The van der Waals surface area contributed by atoms with Crippen molar-refractivity contribution in [1.29, 1.82) is 0 Å². The Kier molecular flexibility index (Phi) is 6.31. The fourth-order valence-corrected chi connectivity index (χ4v) is 2.87. The van der Waals surface area contributed by atoms with Gasteiger partial charge in [0.25, 0.3) is 5.91 Å². The van der Waals surface area contributed by atoms with Gasteiger partial charge in [-0.3, -0.25) is 4.79 Å². The van der Waals surface area contributed by atoms with Crippen LogP contribution in [0.5, 0.6) is 5.75 Å². The normalized spacial score (nSPS) is 11.8. The lowest BCUT2D eigenvalue weighted by Gasteiger charge is -2.18. The number of aromatic nitrogens is 1. The summed E-state index contributed by atoms with van der Waals surface area (Å²) in [5, 5.41) is 13.8. The molecular weight excluding hydrogens is 328 g/mol. The molecule has 1 amide bonds.